The van der Waals surface area contributed by atoms with Crippen LogP contribution in [0.3, 0.4) is 0 Å². The summed E-state index contributed by atoms with van der Waals surface area (Å²) in [6, 6.07) is 8.16. The Labute approximate surface area is 188 Å². The summed E-state index contributed by atoms with van der Waals surface area (Å²) >= 11 is 0. The Morgan fingerprint density at radius 2 is 1.82 bits per heavy atom. The minimum atomic E-state index is -3.70. The molecule has 2 aromatic heterocycles. The molecule has 170 valence electrons. The van der Waals surface area contributed by atoms with E-state index in [-0.39, 0.29) is 29.3 Å². The first-order valence-electron chi connectivity index (χ1n) is 10.7. The molecule has 0 amide bonds. The first-order valence-corrected chi connectivity index (χ1v) is 10.7. The molecule has 0 spiro atoms. The van der Waals surface area contributed by atoms with Gasteiger partial charge in [0.15, 0.2) is 11.5 Å². The third kappa shape index (κ3) is 3.69. The number of aromatic amines is 1. The highest BCUT2D eigenvalue weighted by atomic mass is 19.3. The van der Waals surface area contributed by atoms with Crippen molar-refractivity contribution in [2.45, 2.75) is 51.7 Å². The first kappa shape index (κ1) is 21.3. The van der Waals surface area contributed by atoms with E-state index in [1.54, 1.807) is 18.3 Å². The standard InChI is InChI=1S/C25H22F2N2O4/c1-13-8-18(23(31)28-12-13)22-15(3)14(2)9-17(29-22)11-21(30)24(6-7-24)16-4-5-19-20(10-16)33-25(26,27)32-19/h4-5,8-10,12H,6-7,11H2,1-3H3,(H,28,31). The number of hydrogen-bond donors (Lipinski definition) is 1. The van der Waals surface area contributed by atoms with E-state index < -0.39 is 11.7 Å². The van der Waals surface area contributed by atoms with Gasteiger partial charge in [-0.25, -0.2) is 0 Å². The molecule has 3 heterocycles. The number of rotatable bonds is 5. The van der Waals surface area contributed by atoms with Crippen LogP contribution in [-0.2, 0) is 16.6 Å². The molecule has 1 N–H and O–H groups in total. The molecule has 1 saturated carbocycles. The van der Waals surface area contributed by atoms with Crippen molar-refractivity contribution in [2.24, 2.45) is 0 Å². The highest BCUT2D eigenvalue weighted by Gasteiger charge is 2.52. The van der Waals surface area contributed by atoms with Gasteiger partial charge < -0.3 is 14.5 Å². The van der Waals surface area contributed by atoms with Gasteiger partial charge in [0.1, 0.15) is 5.78 Å². The van der Waals surface area contributed by atoms with Gasteiger partial charge in [0.25, 0.3) is 5.56 Å². The molecule has 0 saturated heterocycles. The topological polar surface area (TPSA) is 81.3 Å². The fourth-order valence-corrected chi connectivity index (χ4v) is 4.36. The molecule has 1 fully saturated rings. The van der Waals surface area contributed by atoms with Crippen LogP contribution in [0.4, 0.5) is 8.78 Å². The number of pyridine rings is 2. The fraction of sp³-hybridized carbons (Fsp3) is 0.320. The minimum Gasteiger partial charge on any atom is -0.395 e. The normalized spacial score (nSPS) is 17.1. The molecule has 1 aromatic carbocycles. The number of Topliss-reactive ketones (excluding diaryl/α,β-unsaturated/α-hetero) is 1. The van der Waals surface area contributed by atoms with Crippen molar-refractivity contribution >= 4 is 5.78 Å². The van der Waals surface area contributed by atoms with Gasteiger partial charge in [-0.1, -0.05) is 6.07 Å². The highest BCUT2D eigenvalue weighted by molar-refractivity contribution is 5.94. The summed E-state index contributed by atoms with van der Waals surface area (Å²) in [5.74, 6) is -0.161. The van der Waals surface area contributed by atoms with Gasteiger partial charge in [0, 0.05) is 18.3 Å². The lowest BCUT2D eigenvalue weighted by molar-refractivity contribution is -0.286. The summed E-state index contributed by atoms with van der Waals surface area (Å²) in [6.07, 6.45) is -0.745. The molecule has 8 heteroatoms. The molecule has 6 nitrogen and oxygen atoms in total. The monoisotopic (exact) mass is 452 g/mol. The van der Waals surface area contributed by atoms with Crippen LogP contribution in [0.25, 0.3) is 11.3 Å². The lowest BCUT2D eigenvalue weighted by Crippen LogP contribution is -2.26. The van der Waals surface area contributed by atoms with Gasteiger partial charge >= 0.3 is 6.29 Å². The molecule has 1 aliphatic heterocycles. The van der Waals surface area contributed by atoms with Crippen LogP contribution in [-0.4, -0.2) is 22.0 Å². The number of nitrogens with one attached hydrogen (secondary N) is 1. The Bertz CT molecular complexity index is 1360. The molecule has 0 unspecified atom stereocenters. The van der Waals surface area contributed by atoms with E-state index >= 15 is 0 Å². The van der Waals surface area contributed by atoms with E-state index in [4.69, 9.17) is 0 Å². The summed E-state index contributed by atoms with van der Waals surface area (Å²) in [7, 11) is 0. The van der Waals surface area contributed by atoms with Gasteiger partial charge in [-0.05, 0) is 80.1 Å². The molecular formula is C25H22F2N2O4. The predicted molar refractivity (Wildman–Crippen MR) is 117 cm³/mol. The van der Waals surface area contributed by atoms with Gasteiger partial charge in [0.2, 0.25) is 0 Å². The van der Waals surface area contributed by atoms with Gasteiger partial charge in [0.05, 0.1) is 16.7 Å². The molecule has 0 radical (unpaired) electrons. The molecule has 33 heavy (non-hydrogen) atoms. The number of aromatic nitrogens is 2. The van der Waals surface area contributed by atoms with Gasteiger partial charge in [-0.3, -0.25) is 14.6 Å². The third-order valence-electron chi connectivity index (χ3n) is 6.47. The largest absolute Gasteiger partial charge is 0.586 e. The number of fused-ring (bicyclic) bond motifs is 1. The number of ether oxygens (including phenoxy) is 2. The first-order chi connectivity index (χ1) is 15.6. The number of carbonyl (C=O) groups is 1. The van der Waals surface area contributed by atoms with Crippen LogP contribution in [0, 0.1) is 20.8 Å². The summed E-state index contributed by atoms with van der Waals surface area (Å²) < 4.78 is 35.8. The maximum Gasteiger partial charge on any atom is 0.586 e. The SMILES string of the molecule is Cc1c[nH]c(=O)c(-c2nc(CC(=O)C3(c4ccc5c(c4)OC(F)(F)O5)CC3)cc(C)c2C)c1. The Balaban J connectivity index is 1.46. The zero-order valence-corrected chi connectivity index (χ0v) is 18.4. The molecule has 1 aliphatic carbocycles. The van der Waals surface area contributed by atoms with Crippen LogP contribution >= 0.6 is 0 Å². The smallest absolute Gasteiger partial charge is 0.395 e. The number of H-pyrrole nitrogens is 1. The summed E-state index contributed by atoms with van der Waals surface area (Å²) in [4.78, 5) is 33.2. The van der Waals surface area contributed by atoms with Crippen molar-refractivity contribution in [3.8, 4) is 22.8 Å². The van der Waals surface area contributed by atoms with Crippen LogP contribution in [0.15, 0.2) is 41.3 Å². The number of carbonyl (C=O) groups excluding carboxylic acids is 1. The van der Waals surface area contributed by atoms with E-state index in [2.05, 4.69) is 19.4 Å². The number of aryl methyl sites for hydroxylation is 2. The molecule has 5 rings (SSSR count). The molecular weight excluding hydrogens is 430 g/mol. The van der Waals surface area contributed by atoms with E-state index in [0.717, 1.165) is 16.7 Å². The highest BCUT2D eigenvalue weighted by Crippen LogP contribution is 2.52. The van der Waals surface area contributed by atoms with Crippen LogP contribution < -0.4 is 15.0 Å². The predicted octanol–water partition coefficient (Wildman–Crippen LogP) is 4.53. The van der Waals surface area contributed by atoms with Crippen molar-refractivity contribution in [2.75, 3.05) is 0 Å². The third-order valence-corrected chi connectivity index (χ3v) is 6.47. The zero-order chi connectivity index (χ0) is 23.5. The van der Waals surface area contributed by atoms with E-state index in [9.17, 15) is 18.4 Å². The van der Waals surface area contributed by atoms with Crippen LogP contribution in [0.2, 0.25) is 0 Å². The lowest BCUT2D eigenvalue weighted by Gasteiger charge is -2.16. The maximum absolute atomic E-state index is 13.4. The van der Waals surface area contributed by atoms with Gasteiger partial charge in [-0.15, -0.1) is 8.78 Å². The average molecular weight is 452 g/mol. The molecule has 3 aromatic rings. The number of benzene rings is 1. The Morgan fingerprint density at radius 3 is 2.55 bits per heavy atom. The van der Waals surface area contributed by atoms with E-state index in [1.165, 1.54) is 12.1 Å². The van der Waals surface area contributed by atoms with Crippen LogP contribution in [0.5, 0.6) is 11.5 Å². The number of nitrogens with zero attached hydrogens (tertiary/aromatic N) is 1. The number of halogens is 2. The van der Waals surface area contributed by atoms with Crippen molar-refractivity contribution < 1.29 is 23.0 Å². The summed E-state index contributed by atoms with van der Waals surface area (Å²) in [5, 5.41) is 0. The average Bonchev–Trinajstić information content (AvgIpc) is 3.49. The van der Waals surface area contributed by atoms with Crippen LogP contribution in [0.1, 0.15) is 40.8 Å². The minimum absolute atomic E-state index is 0.0455. The van der Waals surface area contributed by atoms with Crippen molar-refractivity contribution in [3.05, 3.63) is 74.8 Å². The Kier molecular flexibility index (Phi) is 4.67. The van der Waals surface area contributed by atoms with Crippen molar-refractivity contribution in [1.82, 2.24) is 9.97 Å². The Morgan fingerprint density at radius 1 is 1.09 bits per heavy atom. The maximum atomic E-state index is 13.4. The molecule has 0 bridgehead atoms. The summed E-state index contributed by atoms with van der Waals surface area (Å²) in [5.41, 5.74) is 3.92. The second-order valence-corrected chi connectivity index (χ2v) is 8.83. The van der Waals surface area contributed by atoms with E-state index in [1.807, 2.05) is 26.8 Å². The van der Waals surface area contributed by atoms with Gasteiger partial charge in [-0.2, -0.15) is 0 Å². The second-order valence-electron chi connectivity index (χ2n) is 8.83. The molecule has 2 aliphatic rings. The zero-order valence-electron chi connectivity index (χ0n) is 18.4. The van der Waals surface area contributed by atoms with Crippen molar-refractivity contribution in [3.63, 3.8) is 0 Å². The fourth-order valence-electron chi connectivity index (χ4n) is 4.36. The number of ketones is 1. The Hall–Kier alpha value is -3.55. The lowest BCUT2D eigenvalue weighted by atomic mass is 9.88. The summed E-state index contributed by atoms with van der Waals surface area (Å²) in [6.45, 7) is 5.70. The van der Waals surface area contributed by atoms with E-state index in [0.29, 0.717) is 35.4 Å². The molecule has 0 atom stereocenters. The number of hydrogen-bond acceptors (Lipinski definition) is 5. The van der Waals surface area contributed by atoms with Crippen molar-refractivity contribution in [1.29, 1.82) is 0 Å². The quantitative estimate of drug-likeness (QED) is 0.615. The number of alkyl halides is 2. The second kappa shape index (κ2) is 7.23.